The van der Waals surface area contributed by atoms with E-state index in [9.17, 15) is 9.59 Å². The maximum absolute atomic E-state index is 12.7. The van der Waals surface area contributed by atoms with Crippen LogP contribution in [0.3, 0.4) is 0 Å². The van der Waals surface area contributed by atoms with Gasteiger partial charge in [-0.2, -0.15) is 0 Å². The largest absolute Gasteiger partial charge is 0.462 e. The molecule has 4 heteroatoms. The fourth-order valence-corrected chi connectivity index (χ4v) is 3.65. The normalized spacial score (nSPS) is 11.0. The topological polar surface area (TPSA) is 48.3 Å². The predicted molar refractivity (Wildman–Crippen MR) is 121 cm³/mol. The minimum absolute atomic E-state index is 0.0874. The summed E-state index contributed by atoms with van der Waals surface area (Å²) in [4.78, 5) is 25.1. The number of esters is 1. The summed E-state index contributed by atoms with van der Waals surface area (Å²) < 4.78 is 7.04. The summed E-state index contributed by atoms with van der Waals surface area (Å²) in [6.45, 7) is 2.69. The number of rotatable bonds is 11. The van der Waals surface area contributed by atoms with Crippen LogP contribution in [-0.4, -0.2) is 23.1 Å². The Hall–Kier alpha value is -2.88. The third kappa shape index (κ3) is 5.82. The van der Waals surface area contributed by atoms with Crippen LogP contribution in [0.4, 0.5) is 0 Å². The van der Waals surface area contributed by atoms with Crippen LogP contribution < -0.4 is 0 Å². The molecule has 0 aliphatic carbocycles. The highest BCUT2D eigenvalue weighted by Gasteiger charge is 2.13. The molecule has 0 bridgehead atoms. The van der Waals surface area contributed by atoms with E-state index >= 15 is 0 Å². The van der Waals surface area contributed by atoms with Crippen molar-refractivity contribution in [2.75, 3.05) is 6.61 Å². The molecule has 4 nitrogen and oxygen atoms in total. The second-order valence-electron chi connectivity index (χ2n) is 7.74. The molecule has 0 radical (unpaired) electrons. The van der Waals surface area contributed by atoms with Crippen molar-refractivity contribution < 1.29 is 14.3 Å². The molecule has 0 aliphatic rings. The van der Waals surface area contributed by atoms with Gasteiger partial charge in [0.25, 0.3) is 5.91 Å². The number of carbonyl (C=O) groups is 2. The molecule has 0 saturated carbocycles. The lowest BCUT2D eigenvalue weighted by atomic mass is 10.1. The van der Waals surface area contributed by atoms with E-state index in [1.807, 2.05) is 30.3 Å². The molecule has 2 aromatic carbocycles. The molecule has 3 aromatic rings. The van der Waals surface area contributed by atoms with Gasteiger partial charge in [-0.1, -0.05) is 70.1 Å². The van der Waals surface area contributed by atoms with Gasteiger partial charge in [-0.15, -0.1) is 0 Å². The van der Waals surface area contributed by atoms with Gasteiger partial charge in [-0.25, -0.2) is 4.79 Å². The number of hydrogen-bond acceptors (Lipinski definition) is 3. The van der Waals surface area contributed by atoms with Crippen molar-refractivity contribution in [2.24, 2.45) is 0 Å². The minimum Gasteiger partial charge on any atom is -0.462 e. The summed E-state index contributed by atoms with van der Waals surface area (Å²) in [5.41, 5.74) is 1.93. The Balaban J connectivity index is 1.50. The van der Waals surface area contributed by atoms with Crippen LogP contribution in [0.5, 0.6) is 0 Å². The molecule has 0 unspecified atom stereocenters. The second-order valence-corrected chi connectivity index (χ2v) is 7.74. The highest BCUT2D eigenvalue weighted by Crippen LogP contribution is 2.20. The lowest BCUT2D eigenvalue weighted by molar-refractivity contribution is 0.0497. The Morgan fingerprint density at radius 1 is 0.800 bits per heavy atom. The average Bonchev–Trinajstić information content (AvgIpc) is 3.21. The van der Waals surface area contributed by atoms with E-state index in [0.717, 1.165) is 23.7 Å². The lowest BCUT2D eigenvalue weighted by Crippen LogP contribution is -2.10. The van der Waals surface area contributed by atoms with Gasteiger partial charge >= 0.3 is 5.97 Å². The van der Waals surface area contributed by atoms with Gasteiger partial charge < -0.3 is 4.74 Å². The number of hydrogen-bond donors (Lipinski definition) is 0. The lowest BCUT2D eigenvalue weighted by Gasteiger charge is -2.07. The molecular formula is C26H31NO3. The van der Waals surface area contributed by atoms with Gasteiger partial charge in [-0.3, -0.25) is 9.36 Å². The summed E-state index contributed by atoms with van der Waals surface area (Å²) in [5, 5.41) is 0.848. The second kappa shape index (κ2) is 11.3. The molecule has 0 spiro atoms. The first-order chi connectivity index (χ1) is 14.7. The number of fused-ring (bicyclic) bond motifs is 1. The first kappa shape index (κ1) is 21.8. The predicted octanol–water partition coefficient (Wildman–Crippen LogP) is 6.63. The van der Waals surface area contributed by atoms with E-state index in [2.05, 4.69) is 6.92 Å². The van der Waals surface area contributed by atoms with Crippen molar-refractivity contribution in [3.05, 3.63) is 71.9 Å². The Bertz CT molecular complexity index is 959. The van der Waals surface area contributed by atoms with Gasteiger partial charge in [0.1, 0.15) is 0 Å². The number of carbonyl (C=O) groups excluding carboxylic acids is 2. The van der Waals surface area contributed by atoms with E-state index < -0.39 is 0 Å². The molecule has 0 amide bonds. The number of aromatic nitrogens is 1. The van der Waals surface area contributed by atoms with Gasteiger partial charge in [0.15, 0.2) is 0 Å². The van der Waals surface area contributed by atoms with Crippen LogP contribution in [0.25, 0.3) is 10.9 Å². The van der Waals surface area contributed by atoms with E-state index in [-0.39, 0.29) is 11.9 Å². The minimum atomic E-state index is -0.304. The van der Waals surface area contributed by atoms with E-state index in [1.165, 1.54) is 38.5 Å². The number of benzene rings is 2. The van der Waals surface area contributed by atoms with Crippen LogP contribution in [0.2, 0.25) is 0 Å². The zero-order valence-corrected chi connectivity index (χ0v) is 17.8. The van der Waals surface area contributed by atoms with Crippen molar-refractivity contribution in [1.29, 1.82) is 0 Å². The van der Waals surface area contributed by atoms with E-state index in [0.29, 0.717) is 17.7 Å². The standard InChI is InChI=1S/C26H31NO3/c1-2-3-4-5-6-7-8-12-19-30-26(29)23-15-16-24-22(20-23)17-18-27(24)25(28)21-13-10-9-11-14-21/h9-11,13-18,20H,2-8,12,19H2,1H3. The number of nitrogens with zero attached hydrogens (tertiary/aromatic N) is 1. The molecule has 0 fully saturated rings. The molecule has 0 N–H and O–H groups in total. The molecule has 1 aromatic heterocycles. The molecule has 0 aliphatic heterocycles. The summed E-state index contributed by atoms with van der Waals surface area (Å²) in [6, 6.07) is 16.4. The van der Waals surface area contributed by atoms with Crippen molar-refractivity contribution in [1.82, 2.24) is 4.57 Å². The van der Waals surface area contributed by atoms with Crippen molar-refractivity contribution in [3.63, 3.8) is 0 Å². The molecule has 3 rings (SSSR count). The van der Waals surface area contributed by atoms with Gasteiger partial charge in [0, 0.05) is 17.1 Å². The molecular weight excluding hydrogens is 374 g/mol. The third-order valence-corrected chi connectivity index (χ3v) is 5.40. The molecule has 158 valence electrons. The Morgan fingerprint density at radius 2 is 1.50 bits per heavy atom. The van der Waals surface area contributed by atoms with E-state index in [4.69, 9.17) is 4.74 Å². The Morgan fingerprint density at radius 3 is 2.23 bits per heavy atom. The van der Waals surface area contributed by atoms with Gasteiger partial charge in [0.2, 0.25) is 0 Å². The third-order valence-electron chi connectivity index (χ3n) is 5.40. The maximum Gasteiger partial charge on any atom is 0.338 e. The van der Waals surface area contributed by atoms with Crippen LogP contribution in [0.1, 0.15) is 79.0 Å². The van der Waals surface area contributed by atoms with Crippen LogP contribution in [-0.2, 0) is 4.74 Å². The van der Waals surface area contributed by atoms with E-state index in [1.54, 1.807) is 35.0 Å². The van der Waals surface area contributed by atoms with Crippen LogP contribution >= 0.6 is 0 Å². The summed E-state index contributed by atoms with van der Waals surface area (Å²) in [6.07, 6.45) is 11.5. The maximum atomic E-state index is 12.7. The van der Waals surface area contributed by atoms with Crippen molar-refractivity contribution in [2.45, 2.75) is 58.3 Å². The SMILES string of the molecule is CCCCCCCCCCOC(=O)c1ccc2c(ccn2C(=O)c2ccccc2)c1. The van der Waals surface area contributed by atoms with Crippen LogP contribution in [0.15, 0.2) is 60.8 Å². The van der Waals surface area contributed by atoms with Crippen LogP contribution in [0, 0.1) is 0 Å². The molecule has 0 saturated heterocycles. The molecule has 30 heavy (non-hydrogen) atoms. The zero-order valence-electron chi connectivity index (χ0n) is 17.8. The fraction of sp³-hybridized carbons (Fsp3) is 0.385. The zero-order chi connectivity index (χ0) is 21.2. The summed E-state index contributed by atoms with van der Waals surface area (Å²) in [5.74, 6) is -0.391. The molecule has 1 heterocycles. The first-order valence-electron chi connectivity index (χ1n) is 11.1. The average molecular weight is 406 g/mol. The highest BCUT2D eigenvalue weighted by atomic mass is 16.5. The van der Waals surface area contributed by atoms with Crippen molar-refractivity contribution in [3.8, 4) is 0 Å². The quantitative estimate of drug-likeness (QED) is 0.266. The Labute approximate surface area is 178 Å². The smallest absolute Gasteiger partial charge is 0.338 e. The van der Waals surface area contributed by atoms with Gasteiger partial charge in [-0.05, 0) is 42.8 Å². The summed E-state index contributed by atoms with van der Waals surface area (Å²) >= 11 is 0. The number of ether oxygens (including phenoxy) is 1. The fourth-order valence-electron chi connectivity index (χ4n) is 3.65. The molecule has 0 atom stereocenters. The highest BCUT2D eigenvalue weighted by molar-refractivity contribution is 6.03. The monoisotopic (exact) mass is 405 g/mol. The first-order valence-corrected chi connectivity index (χ1v) is 11.1. The Kier molecular flexibility index (Phi) is 8.25. The van der Waals surface area contributed by atoms with Gasteiger partial charge in [0.05, 0.1) is 17.7 Å². The number of unbranched alkanes of at least 4 members (excludes halogenated alkanes) is 7. The summed E-state index contributed by atoms with van der Waals surface area (Å²) in [7, 11) is 0. The van der Waals surface area contributed by atoms with Crippen molar-refractivity contribution >= 4 is 22.8 Å².